The molecule has 0 aliphatic carbocycles. The quantitative estimate of drug-likeness (QED) is 0.0222. The monoisotopic (exact) mass is 1280 g/mol. The van der Waals surface area contributed by atoms with Crippen molar-refractivity contribution in [1.29, 1.82) is 0 Å². The molecule has 6 atom stereocenters. The van der Waals surface area contributed by atoms with Crippen molar-refractivity contribution in [1.82, 2.24) is 0 Å². The maximum Gasteiger partial charge on any atom is 0.472 e. The van der Waals surface area contributed by atoms with Gasteiger partial charge in [0.25, 0.3) is 0 Å². The number of hydrogen-bond donors (Lipinski definition) is 3. The Balaban J connectivity index is 5.20. The summed E-state index contributed by atoms with van der Waals surface area (Å²) in [7, 11) is -9.89. The van der Waals surface area contributed by atoms with Gasteiger partial charge < -0.3 is 33.8 Å². The van der Waals surface area contributed by atoms with Gasteiger partial charge in [-0.05, 0) is 43.4 Å². The van der Waals surface area contributed by atoms with Crippen LogP contribution < -0.4 is 0 Å². The third kappa shape index (κ3) is 61.3. The van der Waals surface area contributed by atoms with Gasteiger partial charge in [0.05, 0.1) is 26.4 Å². The summed E-state index contributed by atoms with van der Waals surface area (Å²) in [5.74, 6) is 0.137. The molecule has 3 unspecified atom stereocenters. The maximum absolute atomic E-state index is 13.0. The average Bonchev–Trinajstić information content (AvgIpc) is 3.69. The van der Waals surface area contributed by atoms with Gasteiger partial charge in [-0.15, -0.1) is 0 Å². The normalized spacial score (nSPS) is 14.6. The summed E-state index contributed by atoms with van der Waals surface area (Å²) in [5, 5.41) is 10.5. The lowest BCUT2D eigenvalue weighted by Crippen LogP contribution is -2.30. The molecule has 516 valence electrons. The second-order valence-electron chi connectivity index (χ2n) is 25.8. The molecule has 19 heteroatoms. The van der Waals surface area contributed by atoms with E-state index >= 15 is 0 Å². The summed E-state index contributed by atoms with van der Waals surface area (Å²) in [6.07, 6.45) is 41.9. The smallest absolute Gasteiger partial charge is 0.462 e. The maximum atomic E-state index is 13.0. The highest BCUT2D eigenvalue weighted by molar-refractivity contribution is 7.47. The summed E-state index contributed by atoms with van der Waals surface area (Å²) in [6.45, 7) is 11.7. The van der Waals surface area contributed by atoms with Crippen LogP contribution in [0.25, 0.3) is 0 Å². The molecule has 0 heterocycles. The number of hydrogen-bond acceptors (Lipinski definition) is 15. The Morgan fingerprint density at radius 2 is 0.586 bits per heavy atom. The second-order valence-corrected chi connectivity index (χ2v) is 28.7. The van der Waals surface area contributed by atoms with E-state index in [1.54, 1.807) is 0 Å². The van der Waals surface area contributed by atoms with E-state index in [-0.39, 0.29) is 25.7 Å². The van der Waals surface area contributed by atoms with Crippen molar-refractivity contribution in [3.05, 3.63) is 0 Å². The molecule has 0 saturated carbocycles. The standard InChI is InChI=1S/C68H132O17P2/c1-8-10-11-12-25-35-42-49-65(70)78-55-64(85-68(73)52-45-38-31-30-33-40-47-60(5)6)58-83-87(76,77)81-54-62(69)53-80-86(74,75)82-57-63(56-79-66(71)50-43-36-28-23-20-19-22-27-34-41-48-61(7)9-2)84-67(72)51-44-37-29-24-18-16-14-13-15-17-21-26-32-39-46-59(3)4/h59-64,69H,8-58H2,1-7H3,(H,74,75)(H,76,77)/t61?,62-,63-,64-/m1/s1. The van der Waals surface area contributed by atoms with Crippen LogP contribution in [0.15, 0.2) is 0 Å². The topological polar surface area (TPSA) is 237 Å². The number of aliphatic hydroxyl groups is 1. The molecule has 0 spiro atoms. The first-order chi connectivity index (χ1) is 41.8. The molecule has 0 fully saturated rings. The molecule has 0 radical (unpaired) electrons. The Morgan fingerprint density at radius 1 is 0.333 bits per heavy atom. The van der Waals surface area contributed by atoms with Gasteiger partial charge in [-0.3, -0.25) is 37.3 Å². The van der Waals surface area contributed by atoms with Crippen molar-refractivity contribution in [2.45, 2.75) is 356 Å². The number of rotatable bonds is 66. The predicted molar refractivity (Wildman–Crippen MR) is 349 cm³/mol. The van der Waals surface area contributed by atoms with Gasteiger partial charge in [-0.25, -0.2) is 9.13 Å². The minimum Gasteiger partial charge on any atom is -0.462 e. The highest BCUT2D eigenvalue weighted by Crippen LogP contribution is 2.45. The number of phosphoric ester groups is 2. The Labute approximate surface area is 530 Å². The van der Waals surface area contributed by atoms with E-state index in [2.05, 4.69) is 48.5 Å². The molecule has 87 heavy (non-hydrogen) atoms. The average molecular weight is 1280 g/mol. The lowest BCUT2D eigenvalue weighted by molar-refractivity contribution is -0.161. The second kappa shape index (κ2) is 59.1. The molecule has 0 amide bonds. The van der Waals surface area contributed by atoms with E-state index < -0.39 is 97.5 Å². The highest BCUT2D eigenvalue weighted by atomic mass is 31.2. The highest BCUT2D eigenvalue weighted by Gasteiger charge is 2.30. The number of carbonyl (C=O) groups excluding carboxylic acids is 4. The number of aliphatic hydroxyl groups excluding tert-OH is 1. The van der Waals surface area contributed by atoms with Crippen LogP contribution in [0.4, 0.5) is 0 Å². The van der Waals surface area contributed by atoms with Gasteiger partial charge in [0, 0.05) is 25.7 Å². The van der Waals surface area contributed by atoms with Crippen LogP contribution in [0.2, 0.25) is 0 Å². The Kier molecular flexibility index (Phi) is 57.8. The minimum absolute atomic E-state index is 0.101. The zero-order chi connectivity index (χ0) is 64.5. The van der Waals surface area contributed by atoms with E-state index in [0.717, 1.165) is 115 Å². The van der Waals surface area contributed by atoms with Crippen LogP contribution in [0.3, 0.4) is 0 Å². The number of phosphoric acid groups is 2. The van der Waals surface area contributed by atoms with Gasteiger partial charge in [-0.1, -0.05) is 286 Å². The summed E-state index contributed by atoms with van der Waals surface area (Å²) in [5.41, 5.74) is 0. The van der Waals surface area contributed by atoms with Gasteiger partial charge >= 0.3 is 39.5 Å². The van der Waals surface area contributed by atoms with Gasteiger partial charge in [0.15, 0.2) is 12.2 Å². The fraction of sp³-hybridized carbons (Fsp3) is 0.941. The van der Waals surface area contributed by atoms with Crippen molar-refractivity contribution in [3.8, 4) is 0 Å². The first kappa shape index (κ1) is 85.1. The molecule has 0 aromatic carbocycles. The Bertz CT molecular complexity index is 1720. The fourth-order valence-corrected chi connectivity index (χ4v) is 11.7. The summed E-state index contributed by atoms with van der Waals surface area (Å²) >= 11 is 0. The Hall–Kier alpha value is -1.94. The summed E-state index contributed by atoms with van der Waals surface area (Å²) < 4.78 is 68.1. The minimum atomic E-state index is -4.95. The molecule has 0 saturated heterocycles. The molecule has 0 bridgehead atoms. The summed E-state index contributed by atoms with van der Waals surface area (Å²) in [6, 6.07) is 0. The fourth-order valence-electron chi connectivity index (χ4n) is 10.2. The first-order valence-corrected chi connectivity index (χ1v) is 38.4. The molecule has 0 aromatic rings. The molecule has 3 N–H and O–H groups in total. The number of ether oxygens (including phenoxy) is 4. The van der Waals surface area contributed by atoms with Crippen LogP contribution in [-0.2, 0) is 65.4 Å². The van der Waals surface area contributed by atoms with Crippen molar-refractivity contribution in [3.63, 3.8) is 0 Å². The molecule has 17 nitrogen and oxygen atoms in total. The zero-order valence-electron chi connectivity index (χ0n) is 56.5. The molecular weight excluding hydrogens is 1150 g/mol. The van der Waals surface area contributed by atoms with Crippen LogP contribution >= 0.6 is 15.6 Å². The van der Waals surface area contributed by atoms with Crippen LogP contribution in [-0.4, -0.2) is 96.7 Å². The van der Waals surface area contributed by atoms with Crippen LogP contribution in [0, 0.1) is 17.8 Å². The zero-order valence-corrected chi connectivity index (χ0v) is 58.3. The number of unbranched alkanes of at least 4 members (excludes halogenated alkanes) is 33. The van der Waals surface area contributed by atoms with E-state index in [4.69, 9.17) is 37.0 Å². The van der Waals surface area contributed by atoms with Crippen LogP contribution in [0.1, 0.15) is 337 Å². The number of carbonyl (C=O) groups is 4. The first-order valence-electron chi connectivity index (χ1n) is 35.4. The number of esters is 4. The van der Waals surface area contributed by atoms with E-state index in [1.807, 2.05) is 0 Å². The van der Waals surface area contributed by atoms with Gasteiger partial charge in [0.1, 0.15) is 19.3 Å². The predicted octanol–water partition coefficient (Wildman–Crippen LogP) is 19.1. The van der Waals surface area contributed by atoms with Crippen molar-refractivity contribution < 1.29 is 80.2 Å². The van der Waals surface area contributed by atoms with Gasteiger partial charge in [0.2, 0.25) is 0 Å². The molecular formula is C68H132O17P2. The molecule has 0 aromatic heterocycles. The molecule has 0 aliphatic rings. The molecule has 0 rings (SSSR count). The van der Waals surface area contributed by atoms with Crippen molar-refractivity contribution in [2.24, 2.45) is 17.8 Å². The van der Waals surface area contributed by atoms with E-state index in [9.17, 15) is 43.2 Å². The lowest BCUT2D eigenvalue weighted by Gasteiger charge is -2.21. The van der Waals surface area contributed by atoms with E-state index in [1.165, 1.54) is 135 Å². The van der Waals surface area contributed by atoms with Crippen molar-refractivity contribution >= 4 is 39.5 Å². The SMILES string of the molecule is CCCCCCCCCC(=O)OC[C@H](COP(=O)(O)OC[C@H](O)COP(=O)(O)OC[C@@H](COC(=O)CCCCCCCCCCCCC(C)CC)OC(=O)CCCCCCCCCCCCCCCCC(C)C)OC(=O)CCCCCCCCC(C)C. The van der Waals surface area contributed by atoms with Crippen molar-refractivity contribution in [2.75, 3.05) is 39.6 Å². The lowest BCUT2D eigenvalue weighted by atomic mass is 9.99. The third-order valence-corrected chi connectivity index (χ3v) is 17.9. The van der Waals surface area contributed by atoms with E-state index in [0.29, 0.717) is 31.6 Å². The van der Waals surface area contributed by atoms with Crippen LogP contribution in [0.5, 0.6) is 0 Å². The summed E-state index contributed by atoms with van der Waals surface area (Å²) in [4.78, 5) is 72.3. The molecule has 0 aliphatic heterocycles. The third-order valence-electron chi connectivity index (χ3n) is 16.0. The Morgan fingerprint density at radius 3 is 0.874 bits per heavy atom. The largest absolute Gasteiger partial charge is 0.472 e. The van der Waals surface area contributed by atoms with Gasteiger partial charge in [-0.2, -0.15) is 0 Å².